The Morgan fingerprint density at radius 2 is 2.16 bits per heavy atom. The number of carbonyl (C=O) groups excluding carboxylic acids is 1. The summed E-state index contributed by atoms with van der Waals surface area (Å²) in [6.45, 7) is 1.91. The predicted molar refractivity (Wildman–Crippen MR) is 88.8 cm³/mol. The molecule has 0 aliphatic heterocycles. The van der Waals surface area contributed by atoms with Gasteiger partial charge in [-0.15, -0.1) is 0 Å². The van der Waals surface area contributed by atoms with Crippen LogP contribution in [0.5, 0.6) is 0 Å². The minimum absolute atomic E-state index is 0.199. The van der Waals surface area contributed by atoms with Crippen LogP contribution in [-0.4, -0.2) is 10.9 Å². The second kappa shape index (κ2) is 6.19. The van der Waals surface area contributed by atoms with Gasteiger partial charge in [-0.25, -0.2) is 4.98 Å². The highest BCUT2D eigenvalue weighted by atomic mass is 127. The Hall–Kier alpha value is -0.660. The molecule has 2 aromatic rings. The molecule has 0 saturated heterocycles. The lowest BCUT2D eigenvalue weighted by atomic mass is 10.2. The van der Waals surface area contributed by atoms with Gasteiger partial charge in [0.1, 0.15) is 4.60 Å². The lowest BCUT2D eigenvalue weighted by Crippen LogP contribution is -2.13. The molecule has 1 aromatic carbocycles. The molecule has 0 fully saturated rings. The molecule has 0 aliphatic carbocycles. The maximum absolute atomic E-state index is 12.2. The van der Waals surface area contributed by atoms with E-state index < -0.39 is 0 Å². The second-order valence-electron chi connectivity index (χ2n) is 3.91. The first kappa shape index (κ1) is 14.7. The third kappa shape index (κ3) is 3.67. The smallest absolute Gasteiger partial charge is 0.256 e. The highest BCUT2D eigenvalue weighted by Crippen LogP contribution is 2.21. The van der Waals surface area contributed by atoms with Gasteiger partial charge >= 0.3 is 0 Å². The Morgan fingerprint density at radius 3 is 2.84 bits per heavy atom. The lowest BCUT2D eigenvalue weighted by molar-refractivity contribution is 0.102. The van der Waals surface area contributed by atoms with E-state index in [1.165, 1.54) is 0 Å². The summed E-state index contributed by atoms with van der Waals surface area (Å²) < 4.78 is 1.61. The standard InChI is InChI=1S/C13H9BrClIN2O/c1-7-4-9(6-17-12(7)14)18-13(19)10-5-8(15)2-3-11(10)16/h2-6H,1H3,(H,18,19). The number of hydrogen-bond acceptors (Lipinski definition) is 2. The predicted octanol–water partition coefficient (Wildman–Crippen LogP) is 4.66. The number of amides is 1. The Bertz CT molecular complexity index is 649. The number of aromatic nitrogens is 1. The van der Waals surface area contributed by atoms with Crippen LogP contribution in [0.2, 0.25) is 5.02 Å². The molecular weight excluding hydrogens is 442 g/mol. The normalized spacial score (nSPS) is 10.3. The average molecular weight is 451 g/mol. The summed E-state index contributed by atoms with van der Waals surface area (Å²) in [5.74, 6) is -0.199. The topological polar surface area (TPSA) is 42.0 Å². The van der Waals surface area contributed by atoms with Crippen molar-refractivity contribution in [2.24, 2.45) is 0 Å². The molecular formula is C13H9BrClIN2O. The molecule has 2 rings (SSSR count). The number of nitrogens with one attached hydrogen (secondary N) is 1. The van der Waals surface area contributed by atoms with Crippen LogP contribution in [0.3, 0.4) is 0 Å². The van der Waals surface area contributed by atoms with E-state index in [-0.39, 0.29) is 5.91 Å². The van der Waals surface area contributed by atoms with Crippen molar-refractivity contribution in [2.45, 2.75) is 6.92 Å². The summed E-state index contributed by atoms with van der Waals surface area (Å²) in [6, 6.07) is 7.07. The molecule has 0 aliphatic rings. The van der Waals surface area contributed by atoms with Crippen LogP contribution in [0.15, 0.2) is 35.1 Å². The largest absolute Gasteiger partial charge is 0.321 e. The maximum atomic E-state index is 12.2. The summed E-state index contributed by atoms with van der Waals surface area (Å²) in [6.07, 6.45) is 1.60. The Kier molecular flexibility index (Phi) is 4.81. The zero-order chi connectivity index (χ0) is 14.0. The van der Waals surface area contributed by atoms with Crippen molar-refractivity contribution in [1.82, 2.24) is 4.98 Å². The molecule has 1 N–H and O–H groups in total. The zero-order valence-corrected chi connectivity index (χ0v) is 14.4. The molecule has 6 heteroatoms. The van der Waals surface area contributed by atoms with Gasteiger partial charge in [-0.1, -0.05) is 11.6 Å². The maximum Gasteiger partial charge on any atom is 0.256 e. The van der Waals surface area contributed by atoms with Crippen LogP contribution >= 0.6 is 50.1 Å². The number of carbonyl (C=O) groups is 1. The number of aryl methyl sites for hydroxylation is 1. The quantitative estimate of drug-likeness (QED) is 0.533. The van der Waals surface area contributed by atoms with E-state index in [1.54, 1.807) is 18.3 Å². The van der Waals surface area contributed by atoms with E-state index in [9.17, 15) is 4.79 Å². The molecule has 0 saturated carbocycles. The van der Waals surface area contributed by atoms with E-state index in [0.717, 1.165) is 13.7 Å². The summed E-state index contributed by atoms with van der Waals surface area (Å²) in [5, 5.41) is 3.35. The first-order chi connectivity index (χ1) is 8.97. The summed E-state index contributed by atoms with van der Waals surface area (Å²) in [4.78, 5) is 16.3. The fraction of sp³-hybridized carbons (Fsp3) is 0.0769. The molecule has 0 unspecified atom stereocenters. The van der Waals surface area contributed by atoms with Crippen LogP contribution in [0.25, 0.3) is 0 Å². The Morgan fingerprint density at radius 1 is 1.42 bits per heavy atom. The molecule has 3 nitrogen and oxygen atoms in total. The van der Waals surface area contributed by atoms with E-state index in [2.05, 4.69) is 48.8 Å². The zero-order valence-electron chi connectivity index (χ0n) is 9.88. The van der Waals surface area contributed by atoms with Gasteiger partial charge in [0.15, 0.2) is 0 Å². The minimum Gasteiger partial charge on any atom is -0.321 e. The van der Waals surface area contributed by atoms with Crippen molar-refractivity contribution in [3.63, 3.8) is 0 Å². The van der Waals surface area contributed by atoms with Gasteiger partial charge < -0.3 is 5.32 Å². The third-order valence-corrected chi connectivity index (χ3v) is 4.45. The highest BCUT2D eigenvalue weighted by Gasteiger charge is 2.11. The number of anilines is 1. The highest BCUT2D eigenvalue weighted by molar-refractivity contribution is 14.1. The summed E-state index contributed by atoms with van der Waals surface area (Å²) in [7, 11) is 0. The van der Waals surface area contributed by atoms with E-state index in [0.29, 0.717) is 16.3 Å². The van der Waals surface area contributed by atoms with E-state index >= 15 is 0 Å². The lowest BCUT2D eigenvalue weighted by Gasteiger charge is -2.08. The first-order valence-electron chi connectivity index (χ1n) is 5.36. The SMILES string of the molecule is Cc1cc(NC(=O)c2cc(Cl)ccc2I)cnc1Br. The Labute approximate surface area is 138 Å². The monoisotopic (exact) mass is 450 g/mol. The molecule has 0 spiro atoms. The number of nitrogens with zero attached hydrogens (tertiary/aromatic N) is 1. The number of benzene rings is 1. The average Bonchev–Trinajstić information content (AvgIpc) is 2.36. The summed E-state index contributed by atoms with van der Waals surface area (Å²) in [5.41, 5.74) is 2.16. The number of pyridine rings is 1. The second-order valence-corrected chi connectivity index (χ2v) is 6.26. The van der Waals surface area contributed by atoms with Gasteiger partial charge in [0.2, 0.25) is 0 Å². The van der Waals surface area contributed by atoms with Crippen molar-refractivity contribution < 1.29 is 4.79 Å². The van der Waals surface area contributed by atoms with Crippen LogP contribution in [0.4, 0.5) is 5.69 Å². The third-order valence-electron chi connectivity index (χ3n) is 2.45. The molecule has 1 heterocycles. The van der Waals surface area contributed by atoms with Crippen molar-refractivity contribution in [3.8, 4) is 0 Å². The van der Waals surface area contributed by atoms with Crippen LogP contribution < -0.4 is 5.32 Å². The molecule has 0 bridgehead atoms. The van der Waals surface area contributed by atoms with Crippen LogP contribution in [0.1, 0.15) is 15.9 Å². The fourth-order valence-corrected chi connectivity index (χ4v) is 2.47. The summed E-state index contributed by atoms with van der Waals surface area (Å²) >= 11 is 11.3. The van der Waals surface area contributed by atoms with Gasteiger partial charge in [-0.3, -0.25) is 4.79 Å². The van der Waals surface area contributed by atoms with Gasteiger partial charge in [-0.05, 0) is 75.3 Å². The molecule has 1 aromatic heterocycles. The van der Waals surface area contributed by atoms with Gasteiger partial charge in [0, 0.05) is 8.59 Å². The number of halogens is 3. The van der Waals surface area contributed by atoms with E-state index in [4.69, 9.17) is 11.6 Å². The molecule has 0 radical (unpaired) electrons. The molecule has 19 heavy (non-hydrogen) atoms. The fourth-order valence-electron chi connectivity index (χ4n) is 1.50. The molecule has 0 atom stereocenters. The van der Waals surface area contributed by atoms with Crippen molar-refractivity contribution in [1.29, 1.82) is 0 Å². The van der Waals surface area contributed by atoms with Crippen molar-refractivity contribution in [2.75, 3.05) is 5.32 Å². The van der Waals surface area contributed by atoms with Crippen molar-refractivity contribution >= 4 is 61.7 Å². The Balaban J connectivity index is 2.25. The molecule has 1 amide bonds. The van der Waals surface area contributed by atoms with Crippen LogP contribution in [0, 0.1) is 10.5 Å². The van der Waals surface area contributed by atoms with Gasteiger partial charge in [0.05, 0.1) is 17.4 Å². The van der Waals surface area contributed by atoms with Gasteiger partial charge in [-0.2, -0.15) is 0 Å². The van der Waals surface area contributed by atoms with Crippen molar-refractivity contribution in [3.05, 3.63) is 54.8 Å². The molecule has 98 valence electrons. The van der Waals surface area contributed by atoms with Crippen LogP contribution in [-0.2, 0) is 0 Å². The first-order valence-corrected chi connectivity index (χ1v) is 7.61. The minimum atomic E-state index is -0.199. The van der Waals surface area contributed by atoms with Gasteiger partial charge in [0.25, 0.3) is 5.91 Å². The number of rotatable bonds is 2. The van der Waals surface area contributed by atoms with E-state index in [1.807, 2.05) is 19.1 Å². The number of hydrogen-bond donors (Lipinski definition) is 1.